The van der Waals surface area contributed by atoms with Crippen LogP contribution in [0.4, 0.5) is 0 Å². The zero-order valence-corrected chi connectivity index (χ0v) is 12.8. The van der Waals surface area contributed by atoms with Crippen LogP contribution >= 0.6 is 12.4 Å². The molecule has 0 aromatic rings. The first-order chi connectivity index (χ1) is 9.11. The van der Waals surface area contributed by atoms with Crippen molar-refractivity contribution in [3.63, 3.8) is 0 Å². The molecule has 6 heteroatoms. The molecule has 5 nitrogen and oxygen atoms in total. The summed E-state index contributed by atoms with van der Waals surface area (Å²) >= 11 is 0. The minimum Gasteiger partial charge on any atom is -0.465 e. The van der Waals surface area contributed by atoms with Crippen molar-refractivity contribution >= 4 is 24.3 Å². The van der Waals surface area contributed by atoms with E-state index in [9.17, 15) is 9.59 Å². The van der Waals surface area contributed by atoms with Gasteiger partial charge in [-0.3, -0.25) is 9.59 Å². The SMILES string of the molecule is CCOC(=O)CNC(=O)C1CC2CCCC(C1)C2N.Cl. The molecule has 2 fully saturated rings. The van der Waals surface area contributed by atoms with E-state index in [0.29, 0.717) is 18.4 Å². The predicted molar refractivity (Wildman–Crippen MR) is 78.4 cm³/mol. The molecule has 0 heterocycles. The molecule has 0 aromatic heterocycles. The van der Waals surface area contributed by atoms with E-state index in [4.69, 9.17) is 10.5 Å². The molecular formula is C14H25ClN2O3. The Kier molecular flexibility index (Phi) is 6.76. The summed E-state index contributed by atoms with van der Waals surface area (Å²) in [7, 11) is 0. The third kappa shape index (κ3) is 4.09. The molecular weight excluding hydrogens is 280 g/mol. The highest BCUT2D eigenvalue weighted by Gasteiger charge is 2.40. The number of carbonyl (C=O) groups is 2. The second kappa shape index (κ2) is 7.84. The zero-order valence-electron chi connectivity index (χ0n) is 12.0. The van der Waals surface area contributed by atoms with Crippen molar-refractivity contribution in [3.05, 3.63) is 0 Å². The van der Waals surface area contributed by atoms with Gasteiger partial charge in [-0.1, -0.05) is 6.42 Å². The van der Waals surface area contributed by atoms with Crippen LogP contribution < -0.4 is 11.1 Å². The summed E-state index contributed by atoms with van der Waals surface area (Å²) in [5, 5.41) is 2.69. The number of rotatable bonds is 4. The van der Waals surface area contributed by atoms with E-state index in [2.05, 4.69) is 5.32 Å². The molecule has 0 aliphatic heterocycles. The van der Waals surface area contributed by atoms with E-state index in [1.54, 1.807) is 6.92 Å². The molecule has 3 N–H and O–H groups in total. The molecule has 0 radical (unpaired) electrons. The Hall–Kier alpha value is -0.810. The van der Waals surface area contributed by atoms with Gasteiger partial charge in [0.05, 0.1) is 6.61 Å². The van der Waals surface area contributed by atoms with E-state index in [0.717, 1.165) is 25.7 Å². The number of fused-ring (bicyclic) bond motifs is 2. The van der Waals surface area contributed by atoms with Crippen molar-refractivity contribution in [2.75, 3.05) is 13.2 Å². The summed E-state index contributed by atoms with van der Waals surface area (Å²) < 4.78 is 4.80. The first kappa shape index (κ1) is 17.2. The van der Waals surface area contributed by atoms with Gasteiger partial charge in [-0.2, -0.15) is 0 Å². The summed E-state index contributed by atoms with van der Waals surface area (Å²) in [6.07, 6.45) is 5.25. The molecule has 20 heavy (non-hydrogen) atoms. The molecule has 116 valence electrons. The van der Waals surface area contributed by atoms with Crippen LogP contribution in [0.5, 0.6) is 0 Å². The first-order valence-electron chi connectivity index (χ1n) is 7.30. The number of amides is 1. The summed E-state index contributed by atoms with van der Waals surface area (Å²) in [4.78, 5) is 23.3. The fourth-order valence-corrected chi connectivity index (χ4v) is 3.52. The summed E-state index contributed by atoms with van der Waals surface area (Å²) in [5.41, 5.74) is 6.20. The second-order valence-corrected chi connectivity index (χ2v) is 5.72. The average Bonchev–Trinajstić information content (AvgIpc) is 2.36. The van der Waals surface area contributed by atoms with Crippen LogP contribution in [0.1, 0.15) is 39.0 Å². The van der Waals surface area contributed by atoms with E-state index < -0.39 is 0 Å². The van der Waals surface area contributed by atoms with Crippen LogP contribution in [0.25, 0.3) is 0 Å². The maximum Gasteiger partial charge on any atom is 0.325 e. The largest absolute Gasteiger partial charge is 0.465 e. The van der Waals surface area contributed by atoms with E-state index in [1.165, 1.54) is 6.42 Å². The van der Waals surface area contributed by atoms with Gasteiger partial charge in [0, 0.05) is 12.0 Å². The van der Waals surface area contributed by atoms with Crippen molar-refractivity contribution in [2.45, 2.75) is 45.1 Å². The molecule has 2 aliphatic carbocycles. The van der Waals surface area contributed by atoms with Crippen LogP contribution in [0.2, 0.25) is 0 Å². The molecule has 2 saturated carbocycles. The Labute approximate surface area is 126 Å². The minimum atomic E-state index is -0.372. The van der Waals surface area contributed by atoms with Gasteiger partial charge in [0.25, 0.3) is 0 Å². The Morgan fingerprint density at radius 3 is 2.40 bits per heavy atom. The molecule has 0 aromatic carbocycles. The van der Waals surface area contributed by atoms with Crippen LogP contribution in [0, 0.1) is 17.8 Å². The first-order valence-corrected chi connectivity index (χ1v) is 7.30. The Bertz CT molecular complexity index is 337. The summed E-state index contributed by atoms with van der Waals surface area (Å²) in [6.45, 7) is 2.07. The van der Waals surface area contributed by atoms with Crippen molar-refractivity contribution in [3.8, 4) is 0 Å². The van der Waals surface area contributed by atoms with E-state index in [-0.39, 0.29) is 42.8 Å². The smallest absolute Gasteiger partial charge is 0.325 e. The van der Waals surface area contributed by atoms with Gasteiger partial charge >= 0.3 is 5.97 Å². The van der Waals surface area contributed by atoms with Gasteiger partial charge in [0.1, 0.15) is 6.54 Å². The van der Waals surface area contributed by atoms with Crippen molar-refractivity contribution < 1.29 is 14.3 Å². The van der Waals surface area contributed by atoms with Crippen LogP contribution in [0.3, 0.4) is 0 Å². The third-order valence-electron chi connectivity index (χ3n) is 4.50. The normalized spacial score (nSPS) is 31.9. The molecule has 2 bridgehead atoms. The highest BCUT2D eigenvalue weighted by atomic mass is 35.5. The predicted octanol–water partition coefficient (Wildman–Crippen LogP) is 1.24. The molecule has 2 atom stereocenters. The van der Waals surface area contributed by atoms with E-state index >= 15 is 0 Å². The zero-order chi connectivity index (χ0) is 13.8. The maximum absolute atomic E-state index is 12.1. The second-order valence-electron chi connectivity index (χ2n) is 5.72. The Balaban J connectivity index is 0.00000200. The molecule has 2 unspecified atom stereocenters. The van der Waals surface area contributed by atoms with E-state index in [1.807, 2.05) is 0 Å². The molecule has 0 spiro atoms. The van der Waals surface area contributed by atoms with Gasteiger partial charge in [-0.05, 0) is 44.4 Å². The Morgan fingerprint density at radius 1 is 1.25 bits per heavy atom. The van der Waals surface area contributed by atoms with Crippen molar-refractivity contribution in [1.82, 2.24) is 5.32 Å². The molecule has 0 saturated heterocycles. The highest BCUT2D eigenvalue weighted by Crippen LogP contribution is 2.41. The molecule has 1 amide bonds. The number of nitrogens with one attached hydrogen (secondary N) is 1. The maximum atomic E-state index is 12.1. The monoisotopic (exact) mass is 304 g/mol. The number of nitrogens with two attached hydrogens (primary N) is 1. The van der Waals surface area contributed by atoms with Crippen LogP contribution in [-0.4, -0.2) is 31.1 Å². The highest BCUT2D eigenvalue weighted by molar-refractivity contribution is 5.85. The fourth-order valence-electron chi connectivity index (χ4n) is 3.52. The van der Waals surface area contributed by atoms with Gasteiger partial charge in [0.2, 0.25) is 5.91 Å². The van der Waals surface area contributed by atoms with Crippen molar-refractivity contribution in [1.29, 1.82) is 0 Å². The minimum absolute atomic E-state index is 0. The lowest BCUT2D eigenvalue weighted by molar-refractivity contribution is -0.144. The lowest BCUT2D eigenvalue weighted by atomic mass is 9.65. The third-order valence-corrected chi connectivity index (χ3v) is 4.50. The van der Waals surface area contributed by atoms with Gasteiger partial charge in [-0.25, -0.2) is 0 Å². The average molecular weight is 305 g/mol. The summed E-state index contributed by atoms with van der Waals surface area (Å²) in [5.74, 6) is 0.585. The summed E-state index contributed by atoms with van der Waals surface area (Å²) in [6, 6.07) is 0.267. The fraction of sp³-hybridized carbons (Fsp3) is 0.857. The lowest BCUT2D eigenvalue weighted by Crippen LogP contribution is -2.49. The number of hydrogen-bond acceptors (Lipinski definition) is 4. The molecule has 2 aliphatic rings. The van der Waals surface area contributed by atoms with Gasteiger partial charge < -0.3 is 15.8 Å². The number of hydrogen-bond donors (Lipinski definition) is 2. The Morgan fingerprint density at radius 2 is 1.85 bits per heavy atom. The lowest BCUT2D eigenvalue weighted by Gasteiger charge is -2.43. The van der Waals surface area contributed by atoms with Crippen LogP contribution in [-0.2, 0) is 14.3 Å². The van der Waals surface area contributed by atoms with Gasteiger partial charge in [-0.15, -0.1) is 12.4 Å². The number of halogens is 1. The molecule has 2 rings (SSSR count). The number of ether oxygens (including phenoxy) is 1. The number of carbonyl (C=O) groups excluding carboxylic acids is 2. The van der Waals surface area contributed by atoms with Crippen LogP contribution in [0.15, 0.2) is 0 Å². The quantitative estimate of drug-likeness (QED) is 0.766. The standard InChI is InChI=1S/C14H24N2O3.ClH/c1-2-19-12(17)8-16-14(18)11-6-9-4-3-5-10(7-11)13(9)15;/h9-11,13H,2-8,15H2,1H3,(H,16,18);1H. The van der Waals surface area contributed by atoms with Crippen molar-refractivity contribution in [2.24, 2.45) is 23.5 Å². The number of esters is 1. The van der Waals surface area contributed by atoms with Gasteiger partial charge in [0.15, 0.2) is 0 Å². The topological polar surface area (TPSA) is 81.4 Å².